The number of methoxy groups -OCH3 is 2. The summed E-state index contributed by atoms with van der Waals surface area (Å²) >= 11 is 0. The second-order valence-corrected chi connectivity index (χ2v) is 6.00. The molecule has 1 amide bonds. The van der Waals surface area contributed by atoms with E-state index in [0.717, 1.165) is 17.0 Å². The topological polar surface area (TPSA) is 76.7 Å². The zero-order valence-corrected chi connectivity index (χ0v) is 14.6. The molecule has 0 bridgehead atoms. The molecule has 0 radical (unpaired) electrons. The van der Waals surface area contributed by atoms with Gasteiger partial charge in [-0.25, -0.2) is 0 Å². The van der Waals surface area contributed by atoms with Gasteiger partial charge in [-0.15, -0.1) is 0 Å². The number of carbonyl (C=O) groups is 1. The van der Waals surface area contributed by atoms with Crippen molar-refractivity contribution in [1.29, 1.82) is 0 Å². The van der Waals surface area contributed by atoms with Crippen molar-refractivity contribution >= 4 is 5.91 Å². The Labute approximate surface area is 137 Å². The van der Waals surface area contributed by atoms with Crippen molar-refractivity contribution in [2.45, 2.75) is 44.9 Å². The minimum Gasteiger partial charge on any atom is -0.376 e. The Kier molecular flexibility index (Phi) is 6.15. The van der Waals surface area contributed by atoms with E-state index in [-0.39, 0.29) is 24.2 Å². The maximum Gasteiger partial charge on any atom is 0.223 e. The van der Waals surface area contributed by atoms with Crippen molar-refractivity contribution in [2.75, 3.05) is 34.5 Å². The van der Waals surface area contributed by atoms with Gasteiger partial charge in [0.25, 0.3) is 0 Å². The van der Waals surface area contributed by atoms with Crippen LogP contribution in [0.15, 0.2) is 0 Å². The number of likely N-dealkylation sites (N-methyl/N-ethyl adjacent to an activating group) is 1. The number of nitrogens with zero attached hydrogens (tertiary/aromatic N) is 2. The van der Waals surface area contributed by atoms with Crippen molar-refractivity contribution in [1.82, 2.24) is 15.1 Å². The summed E-state index contributed by atoms with van der Waals surface area (Å²) in [4.78, 5) is 14.3. The third kappa shape index (κ3) is 3.91. The monoisotopic (exact) mass is 325 g/mol. The Morgan fingerprint density at radius 2 is 2.09 bits per heavy atom. The minimum atomic E-state index is -0.180. The van der Waals surface area contributed by atoms with Crippen LogP contribution < -0.4 is 0 Å². The van der Waals surface area contributed by atoms with Crippen LogP contribution in [0.2, 0.25) is 0 Å². The van der Waals surface area contributed by atoms with Crippen molar-refractivity contribution in [3.63, 3.8) is 0 Å². The van der Waals surface area contributed by atoms with Gasteiger partial charge in [0.1, 0.15) is 12.2 Å². The van der Waals surface area contributed by atoms with Crippen molar-refractivity contribution in [3.8, 4) is 0 Å². The highest BCUT2D eigenvalue weighted by Gasteiger charge is 2.38. The van der Waals surface area contributed by atoms with Gasteiger partial charge in [-0.2, -0.15) is 5.10 Å². The number of hydrogen-bond acceptors (Lipinski definition) is 5. The van der Waals surface area contributed by atoms with Gasteiger partial charge in [-0.05, 0) is 25.8 Å². The number of hydrogen-bond donors (Lipinski definition) is 1. The average molecular weight is 325 g/mol. The summed E-state index contributed by atoms with van der Waals surface area (Å²) in [5.74, 6) is 0.0670. The van der Waals surface area contributed by atoms with Crippen LogP contribution in [0.3, 0.4) is 0 Å². The van der Waals surface area contributed by atoms with E-state index in [4.69, 9.17) is 14.2 Å². The Morgan fingerprint density at radius 3 is 2.65 bits per heavy atom. The van der Waals surface area contributed by atoms with E-state index >= 15 is 0 Å². The first kappa shape index (κ1) is 17.9. The van der Waals surface area contributed by atoms with E-state index in [0.29, 0.717) is 26.1 Å². The second-order valence-electron chi connectivity index (χ2n) is 6.00. The van der Waals surface area contributed by atoms with Crippen molar-refractivity contribution in [2.24, 2.45) is 0 Å². The lowest BCUT2D eigenvalue weighted by Gasteiger charge is -2.40. The highest BCUT2D eigenvalue weighted by Crippen LogP contribution is 2.20. The molecule has 1 aliphatic rings. The molecule has 3 atom stereocenters. The number of ether oxygens (including phenoxy) is 3. The number of H-pyrrole nitrogens is 1. The minimum absolute atomic E-state index is 0.0670. The van der Waals surface area contributed by atoms with E-state index in [1.165, 1.54) is 0 Å². The van der Waals surface area contributed by atoms with Gasteiger partial charge in [-0.3, -0.25) is 9.89 Å². The Hall–Kier alpha value is -1.44. The van der Waals surface area contributed by atoms with Crippen molar-refractivity contribution in [3.05, 3.63) is 17.0 Å². The van der Waals surface area contributed by atoms with Crippen LogP contribution in [-0.4, -0.2) is 73.7 Å². The predicted molar refractivity (Wildman–Crippen MR) is 85.4 cm³/mol. The van der Waals surface area contributed by atoms with Crippen LogP contribution in [0.25, 0.3) is 0 Å². The molecule has 1 aliphatic heterocycles. The summed E-state index contributed by atoms with van der Waals surface area (Å²) in [5.41, 5.74) is 3.09. The standard InChI is InChI=1S/C16H27N3O4/c1-10-12(11(2)18-17-10)6-7-15(20)19(3)13-8-23-9-14(21-4)16(13)22-5/h13-14,16H,6-9H2,1-5H3,(H,17,18)/t13-,14-,16+/m1/s1. The fourth-order valence-electron chi connectivity index (χ4n) is 3.12. The lowest BCUT2D eigenvalue weighted by atomic mass is 10.0. The zero-order valence-electron chi connectivity index (χ0n) is 14.6. The summed E-state index contributed by atoms with van der Waals surface area (Å²) in [6, 6.07) is -0.141. The molecule has 130 valence electrons. The fourth-order valence-corrected chi connectivity index (χ4v) is 3.12. The quantitative estimate of drug-likeness (QED) is 0.839. The number of aryl methyl sites for hydroxylation is 2. The molecule has 7 heteroatoms. The molecule has 1 N–H and O–H groups in total. The molecule has 0 aliphatic carbocycles. The first-order valence-electron chi connectivity index (χ1n) is 7.89. The number of rotatable bonds is 6. The van der Waals surface area contributed by atoms with Crippen molar-refractivity contribution < 1.29 is 19.0 Å². The lowest BCUT2D eigenvalue weighted by molar-refractivity contribution is -0.164. The molecule has 7 nitrogen and oxygen atoms in total. The van der Waals surface area contributed by atoms with Crippen LogP contribution in [0.1, 0.15) is 23.4 Å². The lowest BCUT2D eigenvalue weighted by Crippen LogP contribution is -2.57. The van der Waals surface area contributed by atoms with Gasteiger partial charge < -0.3 is 19.1 Å². The van der Waals surface area contributed by atoms with E-state index in [2.05, 4.69) is 10.2 Å². The molecule has 1 aromatic heterocycles. The molecular weight excluding hydrogens is 298 g/mol. The molecule has 2 rings (SSSR count). The number of amides is 1. The van der Waals surface area contributed by atoms with Crippen LogP contribution in [-0.2, 0) is 25.4 Å². The number of aromatic amines is 1. The third-order valence-corrected chi connectivity index (χ3v) is 4.65. The molecule has 2 heterocycles. The largest absolute Gasteiger partial charge is 0.376 e. The first-order valence-corrected chi connectivity index (χ1v) is 7.89. The second kappa shape index (κ2) is 7.90. The summed E-state index contributed by atoms with van der Waals surface area (Å²) in [6.45, 7) is 4.88. The SMILES string of the molecule is CO[C@H]1[C@H](N(C)C(=O)CCc2c(C)n[nH]c2C)COC[C@H]1OC. The summed E-state index contributed by atoms with van der Waals surface area (Å²) in [5, 5.41) is 7.12. The van der Waals surface area contributed by atoms with Crippen LogP contribution >= 0.6 is 0 Å². The molecule has 0 unspecified atom stereocenters. The summed E-state index contributed by atoms with van der Waals surface area (Å²) in [6.07, 6.45) is 0.769. The number of carbonyl (C=O) groups excluding carboxylic acids is 1. The van der Waals surface area contributed by atoms with E-state index in [1.54, 1.807) is 26.2 Å². The Balaban J connectivity index is 1.98. The van der Waals surface area contributed by atoms with Crippen LogP contribution in [0.4, 0.5) is 0 Å². The summed E-state index contributed by atoms with van der Waals surface area (Å²) in [7, 11) is 5.08. The highest BCUT2D eigenvalue weighted by atomic mass is 16.6. The Bertz CT molecular complexity index is 512. The van der Waals surface area contributed by atoms with Gasteiger partial charge in [0.2, 0.25) is 5.91 Å². The molecule has 1 fully saturated rings. The van der Waals surface area contributed by atoms with Gasteiger partial charge in [0, 0.05) is 33.4 Å². The molecule has 1 saturated heterocycles. The molecule has 0 aromatic carbocycles. The fraction of sp³-hybridized carbons (Fsp3) is 0.750. The maximum absolute atomic E-state index is 12.6. The normalized spacial score (nSPS) is 24.7. The van der Waals surface area contributed by atoms with Gasteiger partial charge in [0.15, 0.2) is 0 Å². The molecule has 1 aromatic rings. The van der Waals surface area contributed by atoms with Crippen LogP contribution in [0.5, 0.6) is 0 Å². The van der Waals surface area contributed by atoms with E-state index in [1.807, 2.05) is 13.8 Å². The van der Waals surface area contributed by atoms with Gasteiger partial charge in [-0.1, -0.05) is 0 Å². The zero-order chi connectivity index (χ0) is 17.0. The van der Waals surface area contributed by atoms with Gasteiger partial charge in [0.05, 0.1) is 24.9 Å². The first-order chi connectivity index (χ1) is 11.0. The number of aromatic nitrogens is 2. The van der Waals surface area contributed by atoms with E-state index in [9.17, 15) is 4.79 Å². The molecule has 23 heavy (non-hydrogen) atoms. The molecule has 0 spiro atoms. The third-order valence-electron chi connectivity index (χ3n) is 4.65. The van der Waals surface area contributed by atoms with Gasteiger partial charge >= 0.3 is 0 Å². The van der Waals surface area contributed by atoms with Crippen LogP contribution in [0, 0.1) is 13.8 Å². The number of nitrogens with one attached hydrogen (secondary N) is 1. The summed E-state index contributed by atoms with van der Waals surface area (Å²) < 4.78 is 16.5. The molecule has 0 saturated carbocycles. The maximum atomic E-state index is 12.6. The average Bonchev–Trinajstić information content (AvgIpc) is 2.89. The smallest absolute Gasteiger partial charge is 0.223 e. The molecular formula is C16H27N3O4. The predicted octanol–water partition coefficient (Wildman–Crippen LogP) is 0.846. The Morgan fingerprint density at radius 1 is 1.35 bits per heavy atom. The highest BCUT2D eigenvalue weighted by molar-refractivity contribution is 5.76. The van der Waals surface area contributed by atoms with E-state index < -0.39 is 0 Å².